The van der Waals surface area contributed by atoms with Gasteiger partial charge in [-0.1, -0.05) is 45.4 Å². The van der Waals surface area contributed by atoms with Crippen LogP contribution in [-0.4, -0.2) is 6.47 Å². The monoisotopic (exact) mass is 197 g/mol. The number of hydrogen-bond acceptors (Lipinski definition) is 2. The van der Waals surface area contributed by atoms with Crippen LogP contribution < -0.4 is 0 Å². The van der Waals surface area contributed by atoms with E-state index in [9.17, 15) is 4.79 Å². The molecule has 0 bridgehead atoms. The van der Waals surface area contributed by atoms with E-state index in [0.29, 0.717) is 0 Å². The van der Waals surface area contributed by atoms with E-state index in [0.717, 1.165) is 6.42 Å². The Kier molecular flexibility index (Phi) is 11.5. The van der Waals surface area contributed by atoms with Crippen molar-refractivity contribution >= 4 is 6.47 Å². The third-order valence-electron chi connectivity index (χ3n) is 2.19. The van der Waals surface area contributed by atoms with E-state index in [1.807, 2.05) is 6.08 Å². The number of unbranched alkanes of at least 4 members (excludes halogenated alkanes) is 7. The Morgan fingerprint density at radius 1 is 1.07 bits per heavy atom. The molecule has 0 aliphatic rings. The van der Waals surface area contributed by atoms with Gasteiger partial charge in [0.2, 0.25) is 0 Å². The second-order valence-electron chi connectivity index (χ2n) is 3.48. The third-order valence-corrected chi connectivity index (χ3v) is 2.19. The van der Waals surface area contributed by atoms with Crippen molar-refractivity contribution in [3.8, 4) is 0 Å². The van der Waals surface area contributed by atoms with Gasteiger partial charge in [0.1, 0.15) is 0 Å². The molecule has 0 saturated heterocycles. The van der Waals surface area contributed by atoms with Crippen molar-refractivity contribution in [2.45, 2.75) is 58.3 Å². The van der Waals surface area contributed by atoms with E-state index < -0.39 is 0 Å². The summed E-state index contributed by atoms with van der Waals surface area (Å²) in [5, 5.41) is 0. The zero-order chi connectivity index (χ0) is 10.5. The zero-order valence-corrected chi connectivity index (χ0v) is 9.13. The Labute approximate surface area is 87.3 Å². The molecule has 0 aliphatic heterocycles. The van der Waals surface area contributed by atoms with E-state index in [-0.39, 0.29) is 0 Å². The van der Waals surface area contributed by atoms with Crippen molar-refractivity contribution in [2.24, 2.45) is 0 Å². The maximum atomic E-state index is 9.64. The van der Waals surface area contributed by atoms with Crippen LogP contribution in [0.2, 0.25) is 0 Å². The Bertz CT molecular complexity index is 141. The molecule has 2 nitrogen and oxygen atoms in total. The van der Waals surface area contributed by atoms with Crippen molar-refractivity contribution in [1.82, 2.24) is 0 Å². The second kappa shape index (κ2) is 12.2. The molecule has 0 unspecified atom stereocenters. The van der Waals surface area contributed by atoms with Gasteiger partial charge >= 0.3 is 6.47 Å². The summed E-state index contributed by atoms with van der Waals surface area (Å²) in [5.74, 6) is 0. The molecular formula is C12H21O2. The molecule has 0 spiro atoms. The molecule has 0 fully saturated rings. The SMILES string of the molecule is CCCCCCCCCC=CO[C]=O. The van der Waals surface area contributed by atoms with E-state index in [1.165, 1.54) is 57.7 Å². The number of hydrogen-bond donors (Lipinski definition) is 0. The van der Waals surface area contributed by atoms with Crippen molar-refractivity contribution in [3.63, 3.8) is 0 Å². The van der Waals surface area contributed by atoms with Crippen LogP contribution >= 0.6 is 0 Å². The average molecular weight is 197 g/mol. The van der Waals surface area contributed by atoms with Gasteiger partial charge in [-0.05, 0) is 18.9 Å². The highest BCUT2D eigenvalue weighted by atomic mass is 16.5. The Morgan fingerprint density at radius 2 is 1.71 bits per heavy atom. The van der Waals surface area contributed by atoms with E-state index in [2.05, 4.69) is 11.7 Å². The summed E-state index contributed by atoms with van der Waals surface area (Å²) in [4.78, 5) is 9.64. The van der Waals surface area contributed by atoms with Gasteiger partial charge in [0.15, 0.2) is 0 Å². The fourth-order valence-electron chi connectivity index (χ4n) is 1.36. The molecule has 1 radical (unpaired) electrons. The van der Waals surface area contributed by atoms with Crippen LogP contribution in [0.25, 0.3) is 0 Å². The second-order valence-corrected chi connectivity index (χ2v) is 3.48. The maximum Gasteiger partial charge on any atom is 0.422 e. The molecule has 0 aliphatic carbocycles. The summed E-state index contributed by atoms with van der Waals surface area (Å²) in [6, 6.07) is 0. The van der Waals surface area contributed by atoms with Gasteiger partial charge in [0.05, 0.1) is 6.26 Å². The quantitative estimate of drug-likeness (QED) is 0.394. The van der Waals surface area contributed by atoms with E-state index in [1.54, 1.807) is 0 Å². The molecule has 0 aromatic carbocycles. The predicted molar refractivity (Wildman–Crippen MR) is 58.5 cm³/mol. The highest BCUT2D eigenvalue weighted by Gasteiger charge is 1.89. The van der Waals surface area contributed by atoms with Gasteiger partial charge in [-0.25, -0.2) is 4.79 Å². The number of ether oxygens (including phenoxy) is 1. The van der Waals surface area contributed by atoms with Gasteiger partial charge in [-0.2, -0.15) is 0 Å². The molecule has 0 saturated carbocycles. The molecular weight excluding hydrogens is 176 g/mol. The molecule has 81 valence electrons. The lowest BCUT2D eigenvalue weighted by molar-refractivity contribution is 0.396. The van der Waals surface area contributed by atoms with Crippen molar-refractivity contribution in [2.75, 3.05) is 0 Å². The smallest absolute Gasteiger partial charge is 0.422 e. The van der Waals surface area contributed by atoms with Crippen molar-refractivity contribution in [1.29, 1.82) is 0 Å². The van der Waals surface area contributed by atoms with Crippen LogP contribution in [0.15, 0.2) is 12.3 Å². The molecule has 14 heavy (non-hydrogen) atoms. The zero-order valence-electron chi connectivity index (χ0n) is 9.13. The van der Waals surface area contributed by atoms with Crippen LogP contribution in [-0.2, 0) is 9.53 Å². The molecule has 0 amide bonds. The lowest BCUT2D eigenvalue weighted by atomic mass is 10.1. The van der Waals surface area contributed by atoms with E-state index >= 15 is 0 Å². The lowest BCUT2D eigenvalue weighted by Gasteiger charge is -1.98. The summed E-state index contributed by atoms with van der Waals surface area (Å²) < 4.78 is 4.31. The van der Waals surface area contributed by atoms with E-state index in [4.69, 9.17) is 0 Å². The molecule has 0 atom stereocenters. The first-order chi connectivity index (χ1) is 6.91. The maximum absolute atomic E-state index is 9.64. The van der Waals surface area contributed by atoms with Gasteiger partial charge < -0.3 is 4.74 Å². The largest absolute Gasteiger partial charge is 0.426 e. The number of rotatable bonds is 10. The fourth-order valence-corrected chi connectivity index (χ4v) is 1.36. The number of carbonyl (C=O) groups excluding carboxylic acids is 1. The summed E-state index contributed by atoms with van der Waals surface area (Å²) in [7, 11) is 0. The third kappa shape index (κ3) is 11.2. The van der Waals surface area contributed by atoms with Crippen LogP contribution in [0.1, 0.15) is 58.3 Å². The standard InChI is InChI=1S/C12H21O2/c1-2-3-4-5-6-7-8-9-10-11-14-12-13/h10-11H,2-9H2,1H3. The molecule has 2 heteroatoms. The minimum atomic E-state index is 0.995. The Hall–Kier alpha value is -0.790. The first-order valence-electron chi connectivity index (χ1n) is 5.59. The minimum Gasteiger partial charge on any atom is -0.426 e. The highest BCUT2D eigenvalue weighted by Crippen LogP contribution is 2.08. The van der Waals surface area contributed by atoms with Crippen LogP contribution in [0.5, 0.6) is 0 Å². The van der Waals surface area contributed by atoms with Crippen molar-refractivity contribution in [3.05, 3.63) is 12.3 Å². The van der Waals surface area contributed by atoms with Crippen LogP contribution in [0, 0.1) is 0 Å². The summed E-state index contributed by atoms with van der Waals surface area (Å²) in [6.07, 6.45) is 13.5. The van der Waals surface area contributed by atoms with Gasteiger partial charge in [0.25, 0.3) is 0 Å². The fraction of sp³-hybridized carbons (Fsp3) is 0.750. The van der Waals surface area contributed by atoms with Crippen LogP contribution in [0.3, 0.4) is 0 Å². The molecule has 0 N–H and O–H groups in total. The first kappa shape index (κ1) is 13.2. The lowest BCUT2D eigenvalue weighted by Crippen LogP contribution is -1.79. The summed E-state index contributed by atoms with van der Waals surface area (Å²) in [6.45, 7) is 3.59. The van der Waals surface area contributed by atoms with Crippen LogP contribution in [0.4, 0.5) is 0 Å². The topological polar surface area (TPSA) is 26.3 Å². The van der Waals surface area contributed by atoms with Gasteiger partial charge in [-0.3, -0.25) is 0 Å². The highest BCUT2D eigenvalue weighted by molar-refractivity contribution is 5.39. The average Bonchev–Trinajstić information content (AvgIpc) is 2.21. The van der Waals surface area contributed by atoms with Gasteiger partial charge in [-0.15, -0.1) is 0 Å². The summed E-state index contributed by atoms with van der Waals surface area (Å²) >= 11 is 0. The predicted octanol–water partition coefficient (Wildman–Crippen LogP) is 3.72. The normalized spacial score (nSPS) is 10.6. The van der Waals surface area contributed by atoms with Gasteiger partial charge in [0, 0.05) is 0 Å². The Balaban J connectivity index is 2.95. The Morgan fingerprint density at radius 3 is 2.36 bits per heavy atom. The number of allylic oxidation sites excluding steroid dienone is 1. The minimum absolute atomic E-state index is 0.995. The molecule has 0 rings (SSSR count). The molecule has 0 aromatic heterocycles. The molecule has 0 heterocycles. The molecule has 0 aromatic rings. The van der Waals surface area contributed by atoms with Crippen molar-refractivity contribution < 1.29 is 9.53 Å². The first-order valence-corrected chi connectivity index (χ1v) is 5.59. The summed E-state index contributed by atoms with van der Waals surface area (Å²) in [5.41, 5.74) is 0.